The molecular formula is C84H133N27O19S2. The fourth-order valence-corrected chi connectivity index (χ4v) is 18.2. The summed E-state index contributed by atoms with van der Waals surface area (Å²) in [6.45, 7) is 7.46. The van der Waals surface area contributed by atoms with Gasteiger partial charge in [-0.2, -0.15) is 0 Å². The van der Waals surface area contributed by atoms with Crippen LogP contribution in [0.3, 0.4) is 0 Å². The Kier molecular flexibility index (Phi) is 46.9. The number of guanidine groups is 2. The number of esters is 1. The van der Waals surface area contributed by atoms with Gasteiger partial charge in [-0.15, -0.1) is 0 Å². The van der Waals surface area contributed by atoms with E-state index in [9.17, 15) is 62.6 Å². The molecule has 132 heavy (non-hydrogen) atoms. The second-order valence-electron chi connectivity index (χ2n) is 33.6. The number of aromatic nitrogens is 2. The quantitative estimate of drug-likeness (QED) is 0.00462. The van der Waals surface area contributed by atoms with Crippen molar-refractivity contribution >= 4 is 128 Å². The number of benzene rings is 1. The zero-order valence-corrected chi connectivity index (χ0v) is 77.2. The lowest BCUT2D eigenvalue weighted by atomic mass is 10.0. The Bertz CT molecular complexity index is 4280. The molecule has 5 aliphatic rings. The fourth-order valence-electron chi connectivity index (χ4n) is 15.8. The Hall–Kier alpha value is -11.6. The average Bonchev–Trinajstić information content (AvgIpc) is 1.61. The van der Waals surface area contributed by atoms with E-state index in [1.807, 2.05) is 6.92 Å². The summed E-state index contributed by atoms with van der Waals surface area (Å²) in [6, 6.07) is -8.44. The van der Waals surface area contributed by atoms with Gasteiger partial charge in [0.15, 0.2) is 11.9 Å². The van der Waals surface area contributed by atoms with Crippen LogP contribution in [0, 0.1) is 5.92 Å². The molecule has 1 aromatic carbocycles. The van der Waals surface area contributed by atoms with Crippen LogP contribution in [0.1, 0.15) is 167 Å². The van der Waals surface area contributed by atoms with E-state index in [0.29, 0.717) is 115 Å². The molecule has 2 aromatic rings. The van der Waals surface area contributed by atoms with Crippen molar-refractivity contribution in [3.8, 4) is 0 Å². The van der Waals surface area contributed by atoms with Gasteiger partial charge in [0.25, 0.3) is 0 Å². The molecule has 46 nitrogen and oxygen atoms in total. The number of carbonyl (C=O) groups excluding carboxylic acids is 15. The first-order valence-electron chi connectivity index (χ1n) is 45.2. The maximum Gasteiger partial charge on any atom is 0.332 e. The molecule has 1 aromatic heterocycles. The smallest absolute Gasteiger partial charge is 0.332 e. The van der Waals surface area contributed by atoms with Crippen molar-refractivity contribution in [3.05, 3.63) is 64.6 Å². The average molecular weight is 1890 g/mol. The van der Waals surface area contributed by atoms with Gasteiger partial charge in [0, 0.05) is 127 Å². The van der Waals surface area contributed by atoms with E-state index < -0.39 is 168 Å². The van der Waals surface area contributed by atoms with Crippen molar-refractivity contribution in [2.45, 2.75) is 247 Å². The number of unbranched alkanes of at least 4 members (excludes halogenated alkanes) is 4. The van der Waals surface area contributed by atoms with Crippen molar-refractivity contribution in [3.63, 3.8) is 0 Å². The number of rotatable bonds is 47. The van der Waals surface area contributed by atoms with Crippen molar-refractivity contribution in [1.82, 2.24) is 93.4 Å². The number of H-pyrrole nitrogens is 1. The molecule has 0 aliphatic carbocycles. The third-order valence-corrected chi connectivity index (χ3v) is 25.3. The molecule has 730 valence electrons. The second kappa shape index (κ2) is 57.6. The molecule has 22 N–H and O–H groups in total. The lowest BCUT2D eigenvalue weighted by molar-refractivity contribution is -0.151. The molecule has 1 unspecified atom stereocenters. The van der Waals surface area contributed by atoms with E-state index in [4.69, 9.17) is 37.9 Å². The number of hydrogen-bond donors (Lipinski definition) is 18. The number of aliphatic imine (C=N–C) groups is 2. The molecule has 7 rings (SSSR count). The van der Waals surface area contributed by atoms with Gasteiger partial charge in [-0.3, -0.25) is 82.0 Å². The molecule has 5 fully saturated rings. The van der Waals surface area contributed by atoms with Gasteiger partial charge >= 0.3 is 11.9 Å². The predicted octanol–water partition coefficient (Wildman–Crippen LogP) is -2.91. The molecule has 0 saturated carbocycles. The van der Waals surface area contributed by atoms with E-state index in [-0.39, 0.29) is 171 Å². The SMILES string of the molecule is CCCC[C@@H]1NC(=O)[C@@H]2CCCN2C(=O)CNC(=O)[C@H](CCCCNCCN2CCN(C(=O)CCCCCN=[N+]=[N-])CC2COC(=O)COC)NC(=O)[C@H](Cc2cnc[nH]2)NC(=O)[C@@H](NC(=O)[C@H](CC(C)C)NC(=O)[C@H](CCCN=C(N)N)NC(=O)[C@@H]2CCCN2C(=O)[C@H](CCCN=C(N)N)NC(=O)[C@@H]2CCC(=O)N2)CSSC[C@@H](C(=O)N[C@@H](Cc2ccccc2)C(=O)O)NC1=O. The van der Waals surface area contributed by atoms with E-state index in [1.54, 1.807) is 49.1 Å². The number of ether oxygens (including phenoxy) is 2. The lowest BCUT2D eigenvalue weighted by Gasteiger charge is -2.41. The van der Waals surface area contributed by atoms with Crippen LogP contribution in [-0.2, 0) is 99.0 Å². The third kappa shape index (κ3) is 37.2. The van der Waals surface area contributed by atoms with E-state index in [1.165, 1.54) is 29.4 Å². The molecule has 0 bridgehead atoms. The van der Waals surface area contributed by atoms with Gasteiger partial charge < -0.3 is 121 Å². The van der Waals surface area contributed by atoms with Crippen LogP contribution in [0.2, 0.25) is 0 Å². The molecule has 6 heterocycles. The molecule has 14 amide bonds. The highest BCUT2D eigenvalue weighted by molar-refractivity contribution is 8.76. The summed E-state index contributed by atoms with van der Waals surface area (Å²) in [5.74, 6) is -13.8. The van der Waals surface area contributed by atoms with E-state index in [0.717, 1.165) is 21.6 Å². The van der Waals surface area contributed by atoms with Gasteiger partial charge in [0.05, 0.1) is 18.9 Å². The van der Waals surface area contributed by atoms with Crippen LogP contribution in [0.5, 0.6) is 0 Å². The number of likely N-dealkylation sites (tertiary alicyclic amines) is 1. The predicted molar refractivity (Wildman–Crippen MR) is 489 cm³/mol. The Morgan fingerprint density at radius 1 is 0.674 bits per heavy atom. The number of carboxylic acids is 1. The first kappa shape index (κ1) is 107. The zero-order valence-electron chi connectivity index (χ0n) is 75.6. The van der Waals surface area contributed by atoms with Gasteiger partial charge in [0.2, 0.25) is 82.7 Å². The maximum absolute atomic E-state index is 15.6. The summed E-state index contributed by atoms with van der Waals surface area (Å²) >= 11 is 0. The van der Waals surface area contributed by atoms with E-state index in [2.05, 4.69) is 98.7 Å². The molecule has 5 saturated heterocycles. The number of imidazole rings is 1. The number of carboxylic acid groups (broad SMARTS) is 1. The van der Waals surface area contributed by atoms with Gasteiger partial charge in [0.1, 0.15) is 85.7 Å². The second-order valence-corrected chi connectivity index (χ2v) is 36.1. The van der Waals surface area contributed by atoms with Gasteiger partial charge in [-0.1, -0.05) is 97.1 Å². The van der Waals surface area contributed by atoms with Crippen molar-refractivity contribution < 1.29 is 91.3 Å². The Morgan fingerprint density at radius 3 is 2.03 bits per heavy atom. The molecule has 5 aliphatic heterocycles. The standard InChI is InChI=1S/C84H133N27O19S2/c1-5-6-21-56-73(118)105-64(78(123)104-62(82(127)128)41-52-19-9-7-10-20-52)49-132-131-48-63(106-75(120)60(40-51(2)3)102-72(117)57(23-15-31-92-83(85)86)100-80(125)66-26-18-36-111(66)81(126)59(24-16-32-93-84(87)88)101-74(119)58-28-29-67(112)97-58)77(122)103-61(42-53-43-91-50-95-53)76(121)98-55(71(116)94-44-69(114)110-35-17-25-65(110)79(124)99-56)22-12-14-30-90-34-37-108-38-39-109(45-54(108)46-130-70(115)47-129-4)68(113)27-11-8-13-33-96-107-89/h7,9-10,19-20,43,50-51,54-66,90H,5-6,8,11-18,21-42,44-49H2,1-4H3,(H,91,95)(H,94,116)(H,97,112)(H,98,121)(H,99,124)(H,100,125)(H,101,119)(H,102,117)(H,103,122)(H,104,123)(H,105,118)(H,106,120)(H,127,128)(H4,85,86,92)(H4,87,88,93)/t54?,55-,56-,57-,58-,59-,60-,61-,62-,63-,64-,65-,66-/m0/s1. The van der Waals surface area contributed by atoms with Crippen LogP contribution in [0.15, 0.2) is 58.0 Å². The zero-order chi connectivity index (χ0) is 96.0. The number of carbonyl (C=O) groups is 16. The van der Waals surface area contributed by atoms with Crippen molar-refractivity contribution in [2.75, 3.05) is 110 Å². The number of nitrogens with zero attached hydrogens (tertiary/aromatic N) is 10. The highest BCUT2D eigenvalue weighted by Crippen LogP contribution is 2.27. The third-order valence-electron chi connectivity index (χ3n) is 22.9. The highest BCUT2D eigenvalue weighted by Gasteiger charge is 2.43. The molecule has 13 atom stereocenters. The summed E-state index contributed by atoms with van der Waals surface area (Å²) in [7, 11) is 3.18. The number of fused-ring (bicyclic) bond motifs is 1. The molecule has 0 radical (unpaired) electrons. The minimum absolute atomic E-state index is 0.00736. The highest BCUT2D eigenvalue weighted by atomic mass is 33.1. The number of hydrogen-bond acceptors (Lipinski definition) is 26. The summed E-state index contributed by atoms with van der Waals surface area (Å²) < 4.78 is 10.5. The Balaban J connectivity index is 1.19. The Labute approximate surface area is 774 Å². The first-order chi connectivity index (χ1) is 63.4. The van der Waals surface area contributed by atoms with Crippen LogP contribution in [0.25, 0.3) is 10.4 Å². The molecule has 48 heteroatoms. The fraction of sp³-hybridized carbons (Fsp3) is 0.679. The number of piperazine rings is 1. The number of azide groups is 1. The number of methoxy groups -OCH3 is 1. The maximum atomic E-state index is 15.6. The molecular weight excluding hydrogens is 1760 g/mol. The van der Waals surface area contributed by atoms with Gasteiger partial charge in [-0.25, -0.2) is 14.6 Å². The number of nitrogens with two attached hydrogens (primary N) is 4. The number of aliphatic carboxylic acids is 1. The van der Waals surface area contributed by atoms with Crippen LogP contribution >= 0.6 is 21.6 Å². The molecule has 0 spiro atoms. The monoisotopic (exact) mass is 1890 g/mol. The summed E-state index contributed by atoms with van der Waals surface area (Å²) in [4.78, 5) is 253. The Morgan fingerprint density at radius 2 is 1.35 bits per heavy atom. The summed E-state index contributed by atoms with van der Waals surface area (Å²) in [6.07, 6.45) is 7.42. The van der Waals surface area contributed by atoms with Gasteiger partial charge in [-0.05, 0) is 126 Å². The lowest BCUT2D eigenvalue weighted by Crippen LogP contribution is -2.61. The number of aromatic amines is 1. The number of amides is 14. The van der Waals surface area contributed by atoms with Crippen molar-refractivity contribution in [1.29, 1.82) is 0 Å². The largest absolute Gasteiger partial charge is 0.480 e. The van der Waals surface area contributed by atoms with E-state index >= 15 is 19.2 Å². The normalized spacial score (nSPS) is 21.8. The summed E-state index contributed by atoms with van der Waals surface area (Å²) in [5, 5.41) is 47.5. The van der Waals surface area contributed by atoms with Crippen LogP contribution in [-0.4, -0.2) is 330 Å². The van der Waals surface area contributed by atoms with Crippen molar-refractivity contribution in [2.24, 2.45) is 44.0 Å². The summed E-state index contributed by atoms with van der Waals surface area (Å²) in [5.41, 5.74) is 32.0. The van der Waals surface area contributed by atoms with Crippen LogP contribution < -0.4 is 86.7 Å². The number of nitrogens with one attached hydrogen (secondary N) is 13. The van der Waals surface area contributed by atoms with Crippen LogP contribution in [0.4, 0.5) is 0 Å². The minimum Gasteiger partial charge on any atom is -0.480 e. The topological polar surface area (TPSA) is 675 Å². The first-order valence-corrected chi connectivity index (χ1v) is 47.7. The minimum atomic E-state index is -1.69.